The van der Waals surface area contributed by atoms with E-state index in [0.717, 1.165) is 6.07 Å². The number of halogens is 4. The second-order valence-electron chi connectivity index (χ2n) is 6.65. The fourth-order valence-corrected chi connectivity index (χ4v) is 2.93. The molecule has 0 fully saturated rings. The maximum absolute atomic E-state index is 13.0. The summed E-state index contributed by atoms with van der Waals surface area (Å²) in [7, 11) is 1.40. The molecule has 34 heavy (non-hydrogen) atoms. The van der Waals surface area contributed by atoms with Crippen molar-refractivity contribution in [2.24, 2.45) is 5.10 Å². The van der Waals surface area contributed by atoms with Crippen molar-refractivity contribution >= 4 is 29.4 Å². The highest BCUT2D eigenvalue weighted by Gasteiger charge is 2.33. The van der Waals surface area contributed by atoms with Crippen molar-refractivity contribution in [3.63, 3.8) is 0 Å². The van der Waals surface area contributed by atoms with Crippen LogP contribution in [0.25, 0.3) is 0 Å². The largest absolute Gasteiger partial charge is 0.497 e. The summed E-state index contributed by atoms with van der Waals surface area (Å²) in [5.74, 6) is -0.579. The smallest absolute Gasteiger partial charge is 0.416 e. The van der Waals surface area contributed by atoms with Gasteiger partial charge in [0.1, 0.15) is 11.5 Å². The van der Waals surface area contributed by atoms with E-state index in [2.05, 4.69) is 10.5 Å². The van der Waals surface area contributed by atoms with Crippen molar-refractivity contribution in [2.45, 2.75) is 6.18 Å². The zero-order chi connectivity index (χ0) is 24.9. The van der Waals surface area contributed by atoms with E-state index >= 15 is 0 Å². The summed E-state index contributed by atoms with van der Waals surface area (Å²) in [6, 6.07) is 12.4. The van der Waals surface area contributed by atoms with Crippen molar-refractivity contribution < 1.29 is 32.4 Å². The fourth-order valence-electron chi connectivity index (χ4n) is 2.74. The molecule has 0 radical (unpaired) electrons. The van der Waals surface area contributed by atoms with Crippen LogP contribution in [-0.2, 0) is 6.18 Å². The van der Waals surface area contributed by atoms with Gasteiger partial charge in [0.15, 0.2) is 0 Å². The van der Waals surface area contributed by atoms with Crippen molar-refractivity contribution in [3.8, 4) is 17.2 Å². The first-order chi connectivity index (χ1) is 16.1. The van der Waals surface area contributed by atoms with Gasteiger partial charge in [-0.25, -0.2) is 5.43 Å². The molecule has 1 N–H and O–H groups in total. The van der Waals surface area contributed by atoms with Crippen molar-refractivity contribution in [1.29, 1.82) is 0 Å². The van der Waals surface area contributed by atoms with Gasteiger partial charge >= 0.3 is 11.9 Å². The number of nitrogens with zero attached hydrogens (tertiary/aromatic N) is 2. The van der Waals surface area contributed by atoms with Gasteiger partial charge in [-0.2, -0.15) is 18.3 Å². The molecule has 0 saturated heterocycles. The Labute approximate surface area is 195 Å². The summed E-state index contributed by atoms with van der Waals surface area (Å²) < 4.78 is 49.5. The van der Waals surface area contributed by atoms with Gasteiger partial charge in [-0.3, -0.25) is 14.9 Å². The molecule has 1 amide bonds. The highest BCUT2D eigenvalue weighted by atomic mass is 35.5. The quantitative estimate of drug-likeness (QED) is 0.253. The first kappa shape index (κ1) is 24.5. The van der Waals surface area contributed by atoms with Gasteiger partial charge in [0, 0.05) is 22.2 Å². The van der Waals surface area contributed by atoms with E-state index in [1.54, 1.807) is 12.1 Å². The summed E-state index contributed by atoms with van der Waals surface area (Å²) >= 11 is 5.86. The Hall–Kier alpha value is -4.12. The molecule has 3 rings (SSSR count). The van der Waals surface area contributed by atoms with Crippen LogP contribution in [0.5, 0.6) is 17.2 Å². The Balaban J connectivity index is 1.89. The van der Waals surface area contributed by atoms with E-state index in [4.69, 9.17) is 21.1 Å². The monoisotopic (exact) mass is 493 g/mol. The molecule has 3 aromatic rings. The van der Waals surface area contributed by atoms with Gasteiger partial charge in [0.25, 0.3) is 5.91 Å². The molecule has 8 nitrogen and oxygen atoms in total. The number of nitro benzene ring substituents is 1. The highest BCUT2D eigenvalue weighted by Crippen LogP contribution is 2.38. The summed E-state index contributed by atoms with van der Waals surface area (Å²) in [4.78, 5) is 22.6. The predicted octanol–water partition coefficient (Wildman–Crippen LogP) is 5.83. The van der Waals surface area contributed by atoms with E-state index in [0.29, 0.717) is 22.9 Å². The minimum Gasteiger partial charge on any atom is -0.497 e. The summed E-state index contributed by atoms with van der Waals surface area (Å²) in [6.07, 6.45) is -3.57. The van der Waals surface area contributed by atoms with Crippen LogP contribution in [0, 0.1) is 10.1 Å². The molecular weight excluding hydrogens is 479 g/mol. The topological polar surface area (TPSA) is 103 Å². The number of hydrogen-bond acceptors (Lipinski definition) is 6. The molecule has 176 valence electrons. The van der Waals surface area contributed by atoms with Crippen LogP contribution < -0.4 is 14.9 Å². The van der Waals surface area contributed by atoms with Crippen LogP contribution in [0.3, 0.4) is 0 Å². The molecule has 0 heterocycles. The van der Waals surface area contributed by atoms with E-state index in [-0.39, 0.29) is 16.9 Å². The number of alkyl halides is 3. The van der Waals surface area contributed by atoms with Gasteiger partial charge in [-0.15, -0.1) is 0 Å². The average Bonchev–Trinajstić information content (AvgIpc) is 2.79. The normalized spacial score (nSPS) is 11.3. The highest BCUT2D eigenvalue weighted by molar-refractivity contribution is 6.30. The lowest BCUT2D eigenvalue weighted by Gasteiger charge is -2.12. The third-order valence-electron chi connectivity index (χ3n) is 4.38. The molecule has 0 saturated carbocycles. The second-order valence-corrected chi connectivity index (χ2v) is 7.09. The van der Waals surface area contributed by atoms with Crippen LogP contribution in [0.4, 0.5) is 18.9 Å². The van der Waals surface area contributed by atoms with Gasteiger partial charge in [-0.1, -0.05) is 17.7 Å². The van der Waals surface area contributed by atoms with Crippen molar-refractivity contribution in [1.82, 2.24) is 5.43 Å². The van der Waals surface area contributed by atoms with Crippen LogP contribution in [0.1, 0.15) is 21.5 Å². The van der Waals surface area contributed by atoms with Gasteiger partial charge < -0.3 is 9.47 Å². The molecule has 0 atom stereocenters. The van der Waals surface area contributed by atoms with Gasteiger partial charge in [0.05, 0.1) is 23.8 Å². The Morgan fingerprint density at radius 3 is 2.50 bits per heavy atom. The fraction of sp³-hybridized carbons (Fsp3) is 0.0909. The maximum atomic E-state index is 13.0. The molecule has 0 aliphatic carbocycles. The zero-order valence-electron chi connectivity index (χ0n) is 17.3. The number of amides is 1. The van der Waals surface area contributed by atoms with E-state index in [1.807, 2.05) is 0 Å². The number of benzene rings is 3. The lowest BCUT2D eigenvalue weighted by Crippen LogP contribution is -2.17. The number of carbonyl (C=O) groups excluding carboxylic acids is 1. The van der Waals surface area contributed by atoms with Gasteiger partial charge in [-0.05, 0) is 48.5 Å². The zero-order valence-corrected chi connectivity index (χ0v) is 18.1. The summed E-state index contributed by atoms with van der Waals surface area (Å²) in [6.45, 7) is 0. The molecule has 12 heteroatoms. The molecule has 0 aromatic heterocycles. The number of hydrogen-bond donors (Lipinski definition) is 1. The number of ether oxygens (including phenoxy) is 2. The molecule has 0 unspecified atom stereocenters. The standard InChI is InChI=1S/C22H15ClF3N3O5/c1-33-17-6-8-19(34-20-7-5-15(22(24,25)26)11-18(20)29(31)32)14(10-17)12-27-28-21(30)13-3-2-4-16(23)9-13/h2-12H,1H3,(H,28,30)/b27-12-. The van der Waals surface area contributed by atoms with Crippen LogP contribution in [0.15, 0.2) is 65.8 Å². The Morgan fingerprint density at radius 2 is 1.85 bits per heavy atom. The third kappa shape index (κ3) is 6.01. The van der Waals surface area contributed by atoms with E-state index < -0.39 is 34.0 Å². The molecule has 0 aliphatic rings. The molecule has 0 aliphatic heterocycles. The summed E-state index contributed by atoms with van der Waals surface area (Å²) in [5.41, 5.74) is 0.717. The Kier molecular flexibility index (Phi) is 7.37. The minimum absolute atomic E-state index is 0.0180. The number of nitro groups is 1. The Bertz CT molecular complexity index is 1260. The lowest BCUT2D eigenvalue weighted by molar-refractivity contribution is -0.385. The second kappa shape index (κ2) is 10.2. The van der Waals surface area contributed by atoms with Crippen molar-refractivity contribution in [2.75, 3.05) is 7.11 Å². The first-order valence-corrected chi connectivity index (χ1v) is 9.77. The molecule has 0 bridgehead atoms. The number of carbonyl (C=O) groups is 1. The van der Waals surface area contributed by atoms with Crippen LogP contribution in [0.2, 0.25) is 5.02 Å². The first-order valence-electron chi connectivity index (χ1n) is 9.39. The van der Waals surface area contributed by atoms with E-state index in [1.165, 1.54) is 43.7 Å². The number of hydrazone groups is 1. The number of rotatable bonds is 7. The van der Waals surface area contributed by atoms with Crippen LogP contribution >= 0.6 is 11.6 Å². The van der Waals surface area contributed by atoms with Crippen LogP contribution in [-0.4, -0.2) is 24.2 Å². The molecule has 0 spiro atoms. The Morgan fingerprint density at radius 1 is 1.12 bits per heavy atom. The minimum atomic E-state index is -4.76. The summed E-state index contributed by atoms with van der Waals surface area (Å²) in [5, 5.41) is 15.5. The maximum Gasteiger partial charge on any atom is 0.416 e. The SMILES string of the molecule is COc1ccc(Oc2ccc(C(F)(F)F)cc2[N+](=O)[O-])c(/C=N\NC(=O)c2cccc(Cl)c2)c1. The number of methoxy groups -OCH3 is 1. The van der Waals surface area contributed by atoms with Crippen molar-refractivity contribution in [3.05, 3.63) is 92.5 Å². The molecule has 3 aromatic carbocycles. The molecular formula is C22H15ClF3N3O5. The predicted molar refractivity (Wildman–Crippen MR) is 118 cm³/mol. The third-order valence-corrected chi connectivity index (χ3v) is 4.61. The average molecular weight is 494 g/mol. The number of nitrogens with one attached hydrogen (secondary N) is 1. The van der Waals surface area contributed by atoms with E-state index in [9.17, 15) is 28.1 Å². The van der Waals surface area contributed by atoms with Gasteiger partial charge in [0.2, 0.25) is 5.75 Å². The lowest BCUT2D eigenvalue weighted by atomic mass is 10.1.